The lowest BCUT2D eigenvalue weighted by Gasteiger charge is -2.23. The van der Waals surface area contributed by atoms with E-state index in [1.807, 2.05) is 19.9 Å². The highest BCUT2D eigenvalue weighted by atomic mass is 15.2. The Morgan fingerprint density at radius 2 is 1.82 bits per heavy atom. The Hall–Kier alpha value is -1.56. The Labute approximate surface area is 103 Å². The molecule has 0 unspecified atom stereocenters. The summed E-state index contributed by atoms with van der Waals surface area (Å²) in [5.41, 5.74) is 2.79. The number of nitrogens with zero attached hydrogens (tertiary/aromatic N) is 3. The molecule has 17 heavy (non-hydrogen) atoms. The number of nitriles is 1. The minimum absolute atomic E-state index is 0.748. The van der Waals surface area contributed by atoms with Crippen molar-refractivity contribution in [2.45, 2.75) is 39.5 Å². The average molecular weight is 229 g/mol. The van der Waals surface area contributed by atoms with Gasteiger partial charge in [0.05, 0.1) is 5.56 Å². The molecule has 1 aromatic rings. The van der Waals surface area contributed by atoms with E-state index in [2.05, 4.69) is 16.0 Å². The van der Waals surface area contributed by atoms with Crippen LogP contribution in [0.5, 0.6) is 0 Å². The van der Waals surface area contributed by atoms with Crippen LogP contribution in [-0.4, -0.2) is 18.1 Å². The van der Waals surface area contributed by atoms with Crippen molar-refractivity contribution in [2.75, 3.05) is 18.0 Å². The Balaban J connectivity index is 2.39. The number of rotatable bonds is 1. The van der Waals surface area contributed by atoms with Gasteiger partial charge in [-0.3, -0.25) is 0 Å². The summed E-state index contributed by atoms with van der Waals surface area (Å²) in [7, 11) is 0. The van der Waals surface area contributed by atoms with E-state index in [-0.39, 0.29) is 0 Å². The first-order valence-corrected chi connectivity index (χ1v) is 6.35. The van der Waals surface area contributed by atoms with Gasteiger partial charge in [-0.05, 0) is 38.3 Å². The number of anilines is 1. The molecule has 0 aromatic carbocycles. The van der Waals surface area contributed by atoms with Crippen LogP contribution in [0.4, 0.5) is 5.82 Å². The lowest BCUT2D eigenvalue weighted by Crippen LogP contribution is -2.26. The maximum atomic E-state index is 9.27. The fourth-order valence-corrected chi connectivity index (χ4v) is 2.47. The average Bonchev–Trinajstić information content (AvgIpc) is 2.56. The smallest absolute Gasteiger partial charge is 0.147 e. The van der Waals surface area contributed by atoms with Crippen molar-refractivity contribution in [3.05, 3.63) is 22.9 Å². The second kappa shape index (κ2) is 5.18. The van der Waals surface area contributed by atoms with Gasteiger partial charge in [-0.25, -0.2) is 4.98 Å². The Bertz CT molecular complexity index is 438. The molecule has 0 radical (unpaired) electrons. The van der Waals surface area contributed by atoms with E-state index in [4.69, 9.17) is 0 Å². The van der Waals surface area contributed by atoms with Crippen LogP contribution < -0.4 is 4.90 Å². The van der Waals surface area contributed by atoms with Gasteiger partial charge in [0.1, 0.15) is 11.9 Å². The van der Waals surface area contributed by atoms with E-state index < -0.39 is 0 Å². The maximum Gasteiger partial charge on any atom is 0.147 e. The van der Waals surface area contributed by atoms with Crippen molar-refractivity contribution in [3.63, 3.8) is 0 Å². The molecule has 0 saturated carbocycles. The molecule has 2 heterocycles. The third-order valence-electron chi connectivity index (χ3n) is 3.34. The summed E-state index contributed by atoms with van der Waals surface area (Å²) in [5, 5.41) is 9.27. The van der Waals surface area contributed by atoms with Crippen LogP contribution in [0.2, 0.25) is 0 Å². The third kappa shape index (κ3) is 2.58. The predicted octanol–water partition coefficient (Wildman–Crippen LogP) is 2.95. The number of aryl methyl sites for hydroxylation is 2. The zero-order valence-corrected chi connectivity index (χ0v) is 10.7. The first-order chi connectivity index (χ1) is 8.22. The number of aromatic nitrogens is 1. The maximum absolute atomic E-state index is 9.27. The molecule has 0 aliphatic carbocycles. The quantitative estimate of drug-likeness (QED) is 0.743. The topological polar surface area (TPSA) is 39.9 Å². The molecule has 0 spiro atoms. The van der Waals surface area contributed by atoms with E-state index in [0.29, 0.717) is 0 Å². The van der Waals surface area contributed by atoms with E-state index in [1.165, 1.54) is 25.7 Å². The molecule has 0 atom stereocenters. The SMILES string of the molecule is Cc1cc(C)c(C#N)c(N2CCCCCC2)n1. The minimum Gasteiger partial charge on any atom is -0.356 e. The molecule has 0 amide bonds. The molecule has 0 N–H and O–H groups in total. The molecule has 1 aliphatic heterocycles. The van der Waals surface area contributed by atoms with Crippen molar-refractivity contribution >= 4 is 5.82 Å². The molecule has 90 valence electrons. The van der Waals surface area contributed by atoms with E-state index >= 15 is 0 Å². The summed E-state index contributed by atoms with van der Waals surface area (Å²) < 4.78 is 0. The molecule has 2 rings (SSSR count). The summed E-state index contributed by atoms with van der Waals surface area (Å²) in [5.74, 6) is 0.895. The molecule has 3 nitrogen and oxygen atoms in total. The van der Waals surface area contributed by atoms with Crippen LogP contribution in [0.25, 0.3) is 0 Å². The third-order valence-corrected chi connectivity index (χ3v) is 3.34. The van der Waals surface area contributed by atoms with Crippen LogP contribution in [0.1, 0.15) is 42.5 Å². The van der Waals surface area contributed by atoms with Crippen molar-refractivity contribution in [3.8, 4) is 6.07 Å². The van der Waals surface area contributed by atoms with E-state index in [9.17, 15) is 5.26 Å². The number of hydrogen-bond acceptors (Lipinski definition) is 3. The Kier molecular flexibility index (Phi) is 3.63. The highest BCUT2D eigenvalue weighted by Crippen LogP contribution is 2.24. The standard InChI is InChI=1S/C14H19N3/c1-11-9-12(2)16-14(13(11)10-15)17-7-5-3-4-6-8-17/h9H,3-8H2,1-2H3. The van der Waals surface area contributed by atoms with Crippen LogP contribution in [0.3, 0.4) is 0 Å². The summed E-state index contributed by atoms with van der Waals surface area (Å²) in [6.07, 6.45) is 5.01. The summed E-state index contributed by atoms with van der Waals surface area (Å²) in [6.45, 7) is 6.05. The van der Waals surface area contributed by atoms with Gasteiger partial charge >= 0.3 is 0 Å². The number of pyridine rings is 1. The molecule has 1 fully saturated rings. The first-order valence-electron chi connectivity index (χ1n) is 6.35. The minimum atomic E-state index is 0.748. The fraction of sp³-hybridized carbons (Fsp3) is 0.571. The van der Waals surface area contributed by atoms with Crippen LogP contribution in [0, 0.1) is 25.2 Å². The van der Waals surface area contributed by atoms with Crippen molar-refractivity contribution in [1.29, 1.82) is 5.26 Å². The summed E-state index contributed by atoms with van der Waals surface area (Å²) >= 11 is 0. The highest BCUT2D eigenvalue weighted by molar-refractivity contribution is 5.58. The van der Waals surface area contributed by atoms with Gasteiger partial charge in [0.2, 0.25) is 0 Å². The second-order valence-electron chi connectivity index (χ2n) is 4.79. The van der Waals surface area contributed by atoms with Gasteiger partial charge < -0.3 is 4.90 Å². The zero-order chi connectivity index (χ0) is 12.3. The van der Waals surface area contributed by atoms with Gasteiger partial charge in [-0.15, -0.1) is 0 Å². The first kappa shape index (κ1) is 11.9. The van der Waals surface area contributed by atoms with E-state index in [1.54, 1.807) is 0 Å². The zero-order valence-electron chi connectivity index (χ0n) is 10.7. The lowest BCUT2D eigenvalue weighted by molar-refractivity contribution is 0.726. The van der Waals surface area contributed by atoms with Crippen molar-refractivity contribution in [2.24, 2.45) is 0 Å². The number of hydrogen-bond donors (Lipinski definition) is 0. The molecule has 1 aliphatic rings. The van der Waals surface area contributed by atoms with Crippen molar-refractivity contribution in [1.82, 2.24) is 4.98 Å². The highest BCUT2D eigenvalue weighted by Gasteiger charge is 2.16. The predicted molar refractivity (Wildman–Crippen MR) is 69.1 cm³/mol. The molecule has 0 bridgehead atoms. The van der Waals surface area contributed by atoms with Gasteiger partial charge in [0, 0.05) is 18.8 Å². The lowest BCUT2D eigenvalue weighted by atomic mass is 10.1. The largest absolute Gasteiger partial charge is 0.356 e. The van der Waals surface area contributed by atoms with Crippen molar-refractivity contribution < 1.29 is 0 Å². The van der Waals surface area contributed by atoms with Crippen LogP contribution in [0.15, 0.2) is 6.07 Å². The normalized spacial score (nSPS) is 16.4. The van der Waals surface area contributed by atoms with Crippen LogP contribution >= 0.6 is 0 Å². The van der Waals surface area contributed by atoms with Gasteiger partial charge in [-0.1, -0.05) is 12.8 Å². The molecule has 1 aromatic heterocycles. The summed E-state index contributed by atoms with van der Waals surface area (Å²) in [4.78, 5) is 6.86. The molecule has 3 heteroatoms. The Morgan fingerprint density at radius 3 is 2.41 bits per heavy atom. The molecular formula is C14H19N3. The van der Waals surface area contributed by atoms with Gasteiger partial charge in [0.25, 0.3) is 0 Å². The van der Waals surface area contributed by atoms with Gasteiger partial charge in [0.15, 0.2) is 0 Å². The fourth-order valence-electron chi connectivity index (χ4n) is 2.47. The van der Waals surface area contributed by atoms with Gasteiger partial charge in [-0.2, -0.15) is 5.26 Å². The monoisotopic (exact) mass is 229 g/mol. The molecule has 1 saturated heterocycles. The molecular weight excluding hydrogens is 210 g/mol. The van der Waals surface area contributed by atoms with Crippen LogP contribution in [-0.2, 0) is 0 Å². The van der Waals surface area contributed by atoms with E-state index in [0.717, 1.165) is 35.7 Å². The Morgan fingerprint density at radius 1 is 1.18 bits per heavy atom. The summed E-state index contributed by atoms with van der Waals surface area (Å²) in [6, 6.07) is 4.29. The second-order valence-corrected chi connectivity index (χ2v) is 4.79.